The van der Waals surface area contributed by atoms with Crippen LogP contribution in [-0.4, -0.2) is 18.1 Å². The van der Waals surface area contributed by atoms with E-state index in [1.54, 1.807) is 18.2 Å². The maximum absolute atomic E-state index is 13.3. The van der Waals surface area contributed by atoms with E-state index in [0.717, 1.165) is 12.8 Å². The average Bonchev–Trinajstić information content (AvgIpc) is 2.38. The van der Waals surface area contributed by atoms with E-state index in [1.165, 1.54) is 24.1 Å². The normalized spacial score (nSPS) is 15.0. The third-order valence-corrected chi connectivity index (χ3v) is 3.54. The van der Waals surface area contributed by atoms with E-state index in [0.29, 0.717) is 17.1 Å². The van der Waals surface area contributed by atoms with Crippen LogP contribution in [0, 0.1) is 5.82 Å². The fourth-order valence-electron chi connectivity index (χ4n) is 1.57. The van der Waals surface area contributed by atoms with Gasteiger partial charge in [-0.25, -0.2) is 4.39 Å². The van der Waals surface area contributed by atoms with Crippen molar-refractivity contribution in [3.05, 3.63) is 41.9 Å². The van der Waals surface area contributed by atoms with Crippen molar-refractivity contribution < 1.29 is 13.9 Å². The van der Waals surface area contributed by atoms with E-state index in [2.05, 4.69) is 0 Å². The van der Waals surface area contributed by atoms with Crippen molar-refractivity contribution in [3.63, 3.8) is 0 Å². The first-order valence-corrected chi connectivity index (χ1v) is 6.47. The first kappa shape index (κ1) is 12.2. The van der Waals surface area contributed by atoms with Gasteiger partial charge < -0.3 is 4.74 Å². The molecule has 0 bridgehead atoms. The standard InChI is InChI=1S/C13H13FO2S/c14-11-5-1-2-6-13(11)17-9-12(15)10-4-3-7-16-8-10/h1-2,5-6,8H,3-4,7,9H2. The molecule has 0 N–H and O–H groups in total. The smallest absolute Gasteiger partial charge is 0.172 e. The van der Waals surface area contributed by atoms with Crippen molar-refractivity contribution in [1.29, 1.82) is 0 Å². The Morgan fingerprint density at radius 1 is 1.41 bits per heavy atom. The van der Waals surface area contributed by atoms with Crippen LogP contribution in [0.2, 0.25) is 0 Å². The molecule has 1 aliphatic heterocycles. The van der Waals surface area contributed by atoms with Gasteiger partial charge in [-0.2, -0.15) is 0 Å². The Morgan fingerprint density at radius 3 is 2.94 bits per heavy atom. The van der Waals surface area contributed by atoms with Crippen LogP contribution in [0.4, 0.5) is 4.39 Å². The molecule has 1 aromatic rings. The number of ketones is 1. The molecule has 17 heavy (non-hydrogen) atoms. The van der Waals surface area contributed by atoms with Gasteiger partial charge in [-0.15, -0.1) is 11.8 Å². The highest BCUT2D eigenvalue weighted by Gasteiger charge is 2.14. The largest absolute Gasteiger partial charge is 0.501 e. The van der Waals surface area contributed by atoms with E-state index in [1.807, 2.05) is 0 Å². The molecule has 1 heterocycles. The van der Waals surface area contributed by atoms with Gasteiger partial charge >= 0.3 is 0 Å². The monoisotopic (exact) mass is 252 g/mol. The fourth-order valence-corrected chi connectivity index (χ4v) is 2.42. The van der Waals surface area contributed by atoms with Gasteiger partial charge in [0.25, 0.3) is 0 Å². The molecule has 0 aromatic heterocycles. The lowest BCUT2D eigenvalue weighted by molar-refractivity contribution is -0.113. The lowest BCUT2D eigenvalue weighted by Gasteiger charge is -2.12. The predicted octanol–water partition coefficient (Wildman–Crippen LogP) is 3.18. The van der Waals surface area contributed by atoms with Crippen LogP contribution >= 0.6 is 11.8 Å². The van der Waals surface area contributed by atoms with Gasteiger partial charge in [0, 0.05) is 10.5 Å². The Morgan fingerprint density at radius 2 is 2.24 bits per heavy atom. The second kappa shape index (κ2) is 5.87. The zero-order valence-electron chi connectivity index (χ0n) is 9.32. The Hall–Kier alpha value is -1.29. The molecule has 4 heteroatoms. The minimum atomic E-state index is -0.279. The van der Waals surface area contributed by atoms with Gasteiger partial charge in [-0.05, 0) is 25.0 Å². The number of rotatable bonds is 4. The van der Waals surface area contributed by atoms with Crippen molar-refractivity contribution in [1.82, 2.24) is 0 Å². The van der Waals surface area contributed by atoms with Gasteiger partial charge in [0.2, 0.25) is 0 Å². The first-order valence-electron chi connectivity index (χ1n) is 5.48. The van der Waals surface area contributed by atoms with Gasteiger partial charge in [-0.3, -0.25) is 4.79 Å². The molecule has 2 rings (SSSR count). The van der Waals surface area contributed by atoms with Crippen LogP contribution in [0.15, 0.2) is 41.0 Å². The number of ether oxygens (including phenoxy) is 1. The molecule has 0 unspecified atom stereocenters. The summed E-state index contributed by atoms with van der Waals surface area (Å²) in [6.07, 6.45) is 3.17. The van der Waals surface area contributed by atoms with Gasteiger partial charge in [-0.1, -0.05) is 12.1 Å². The van der Waals surface area contributed by atoms with Crippen LogP contribution in [0.25, 0.3) is 0 Å². The summed E-state index contributed by atoms with van der Waals surface area (Å²) in [6, 6.07) is 6.48. The molecule has 0 atom stereocenters. The molecule has 0 spiro atoms. The Bertz CT molecular complexity index is 443. The summed E-state index contributed by atoms with van der Waals surface area (Å²) in [4.78, 5) is 12.3. The lowest BCUT2D eigenvalue weighted by atomic mass is 10.1. The summed E-state index contributed by atoms with van der Waals surface area (Å²) < 4.78 is 18.4. The minimum Gasteiger partial charge on any atom is -0.501 e. The number of benzene rings is 1. The highest BCUT2D eigenvalue weighted by Crippen LogP contribution is 2.23. The first-order chi connectivity index (χ1) is 8.27. The third-order valence-electron chi connectivity index (χ3n) is 2.49. The van der Waals surface area contributed by atoms with E-state index < -0.39 is 0 Å². The van der Waals surface area contributed by atoms with Crippen molar-refractivity contribution in [3.8, 4) is 0 Å². The number of carbonyl (C=O) groups excluding carboxylic acids is 1. The van der Waals surface area contributed by atoms with Crippen LogP contribution in [0.5, 0.6) is 0 Å². The van der Waals surface area contributed by atoms with E-state index in [-0.39, 0.29) is 17.4 Å². The number of hydrogen-bond donors (Lipinski definition) is 0. The second-order valence-corrected chi connectivity index (χ2v) is 4.78. The number of halogens is 1. The molecule has 0 fully saturated rings. The van der Waals surface area contributed by atoms with E-state index >= 15 is 0 Å². The molecule has 2 nitrogen and oxygen atoms in total. The number of carbonyl (C=O) groups is 1. The Labute approximate surface area is 104 Å². The summed E-state index contributed by atoms with van der Waals surface area (Å²) in [7, 11) is 0. The molecule has 1 aliphatic rings. The summed E-state index contributed by atoms with van der Waals surface area (Å²) in [5.41, 5.74) is 0.708. The van der Waals surface area contributed by atoms with Gasteiger partial charge in [0.05, 0.1) is 18.6 Å². The molecule has 0 amide bonds. The fraction of sp³-hybridized carbons (Fsp3) is 0.308. The molecule has 90 valence electrons. The predicted molar refractivity (Wildman–Crippen MR) is 65.4 cm³/mol. The van der Waals surface area contributed by atoms with Crippen molar-refractivity contribution >= 4 is 17.5 Å². The molecular formula is C13H13FO2S. The zero-order chi connectivity index (χ0) is 12.1. The molecule has 1 aromatic carbocycles. The maximum atomic E-state index is 13.3. The summed E-state index contributed by atoms with van der Waals surface area (Å²) in [5, 5.41) is 0. The third kappa shape index (κ3) is 3.33. The van der Waals surface area contributed by atoms with Crippen molar-refractivity contribution in [2.24, 2.45) is 0 Å². The zero-order valence-corrected chi connectivity index (χ0v) is 10.1. The quantitative estimate of drug-likeness (QED) is 0.770. The van der Waals surface area contributed by atoms with Gasteiger partial charge in [0.15, 0.2) is 5.78 Å². The summed E-state index contributed by atoms with van der Waals surface area (Å²) >= 11 is 1.23. The maximum Gasteiger partial charge on any atom is 0.172 e. The molecule has 0 radical (unpaired) electrons. The number of Topliss-reactive ketones (excluding diaryl/α,β-unsaturated/α-hetero) is 1. The molecule has 0 aliphatic carbocycles. The molecule has 0 saturated carbocycles. The topological polar surface area (TPSA) is 26.3 Å². The van der Waals surface area contributed by atoms with Crippen LogP contribution < -0.4 is 0 Å². The molecule has 0 saturated heterocycles. The van der Waals surface area contributed by atoms with Crippen LogP contribution in [0.3, 0.4) is 0 Å². The highest BCUT2D eigenvalue weighted by molar-refractivity contribution is 8.00. The number of thioether (sulfide) groups is 1. The Kier molecular flexibility index (Phi) is 4.20. The summed E-state index contributed by atoms with van der Waals surface area (Å²) in [6.45, 7) is 0.678. The average molecular weight is 252 g/mol. The lowest BCUT2D eigenvalue weighted by Crippen LogP contribution is -2.11. The molecular weight excluding hydrogens is 239 g/mol. The second-order valence-electron chi connectivity index (χ2n) is 3.76. The number of hydrogen-bond acceptors (Lipinski definition) is 3. The highest BCUT2D eigenvalue weighted by atomic mass is 32.2. The Balaban J connectivity index is 1.92. The van der Waals surface area contributed by atoms with Crippen molar-refractivity contribution in [2.45, 2.75) is 17.7 Å². The number of allylic oxidation sites excluding steroid dienone is 1. The van der Waals surface area contributed by atoms with Gasteiger partial charge in [0.1, 0.15) is 5.82 Å². The summed E-state index contributed by atoms with van der Waals surface area (Å²) in [5.74, 6) is 0.00739. The van der Waals surface area contributed by atoms with Crippen LogP contribution in [-0.2, 0) is 9.53 Å². The van der Waals surface area contributed by atoms with E-state index in [9.17, 15) is 9.18 Å². The van der Waals surface area contributed by atoms with Crippen molar-refractivity contribution in [2.75, 3.05) is 12.4 Å². The van der Waals surface area contributed by atoms with E-state index in [4.69, 9.17) is 4.74 Å². The minimum absolute atomic E-state index is 0.0259. The van der Waals surface area contributed by atoms with Crippen LogP contribution in [0.1, 0.15) is 12.8 Å². The SMILES string of the molecule is O=C(CSc1ccccc1F)C1=COCCC1.